The summed E-state index contributed by atoms with van der Waals surface area (Å²) in [5.74, 6) is 3.17. The fraction of sp³-hybridized carbons (Fsp3) is 0.385. The van der Waals surface area contributed by atoms with Crippen molar-refractivity contribution in [2.45, 2.75) is 26.7 Å². The van der Waals surface area contributed by atoms with Crippen molar-refractivity contribution < 1.29 is 23.8 Å². The average molecular weight is 451 g/mol. The van der Waals surface area contributed by atoms with Crippen molar-refractivity contribution in [3.63, 3.8) is 0 Å². The summed E-state index contributed by atoms with van der Waals surface area (Å²) >= 11 is 0. The third-order valence-electron chi connectivity index (χ3n) is 6.24. The number of nitrogens with zero attached hydrogens (tertiary/aromatic N) is 2. The molecular formula is C26H30N2O5. The molecule has 2 aromatic carbocycles. The van der Waals surface area contributed by atoms with Gasteiger partial charge in [-0.25, -0.2) is 0 Å². The molecule has 3 heterocycles. The molecule has 0 bridgehead atoms. The lowest BCUT2D eigenvalue weighted by atomic mass is 10.0. The molecule has 2 aromatic rings. The van der Waals surface area contributed by atoms with Crippen LogP contribution in [0.2, 0.25) is 0 Å². The SMILES string of the molecule is C=CCOc1ccc(N2CCCC2=O)cc1.C[C@H]1CN(c2ccc3c(c2)OCO3)C(=O)[C@@H]1C. The number of anilines is 2. The molecule has 7 nitrogen and oxygen atoms in total. The van der Waals surface area contributed by atoms with Crippen LogP contribution in [0.5, 0.6) is 17.2 Å². The zero-order chi connectivity index (χ0) is 23.4. The molecule has 7 heteroatoms. The molecule has 0 radical (unpaired) electrons. The summed E-state index contributed by atoms with van der Waals surface area (Å²) in [6, 6.07) is 13.2. The number of carbonyl (C=O) groups excluding carboxylic acids is 2. The summed E-state index contributed by atoms with van der Waals surface area (Å²) in [4.78, 5) is 27.2. The van der Waals surface area contributed by atoms with E-state index in [9.17, 15) is 9.59 Å². The molecule has 2 atom stereocenters. The number of carbonyl (C=O) groups is 2. The Morgan fingerprint density at radius 1 is 1.03 bits per heavy atom. The van der Waals surface area contributed by atoms with Crippen molar-refractivity contribution in [1.29, 1.82) is 0 Å². The second-order valence-corrected chi connectivity index (χ2v) is 8.49. The molecule has 2 amide bonds. The van der Waals surface area contributed by atoms with Gasteiger partial charge in [0.25, 0.3) is 0 Å². The van der Waals surface area contributed by atoms with Gasteiger partial charge in [0.15, 0.2) is 11.5 Å². The zero-order valence-electron chi connectivity index (χ0n) is 19.2. The van der Waals surface area contributed by atoms with Gasteiger partial charge in [-0.3, -0.25) is 9.59 Å². The molecule has 0 unspecified atom stereocenters. The van der Waals surface area contributed by atoms with Crippen molar-refractivity contribution in [3.8, 4) is 17.2 Å². The van der Waals surface area contributed by atoms with E-state index >= 15 is 0 Å². The first-order chi connectivity index (χ1) is 16.0. The number of hydrogen-bond donors (Lipinski definition) is 0. The fourth-order valence-corrected chi connectivity index (χ4v) is 4.11. The molecule has 5 rings (SSSR count). The van der Waals surface area contributed by atoms with E-state index in [2.05, 4.69) is 13.5 Å². The Labute approximate surface area is 194 Å². The van der Waals surface area contributed by atoms with Gasteiger partial charge in [-0.05, 0) is 48.7 Å². The molecule has 0 aliphatic carbocycles. The largest absolute Gasteiger partial charge is 0.490 e. The van der Waals surface area contributed by atoms with Gasteiger partial charge in [0.2, 0.25) is 18.6 Å². The first kappa shape index (κ1) is 22.7. The Kier molecular flexibility index (Phi) is 6.87. The van der Waals surface area contributed by atoms with E-state index in [0.717, 1.165) is 48.1 Å². The summed E-state index contributed by atoms with van der Waals surface area (Å²) in [5.41, 5.74) is 1.85. The monoisotopic (exact) mass is 450 g/mol. The first-order valence-electron chi connectivity index (χ1n) is 11.3. The maximum Gasteiger partial charge on any atom is 0.231 e. The Bertz CT molecular complexity index is 1020. The van der Waals surface area contributed by atoms with Crippen LogP contribution in [0.25, 0.3) is 0 Å². The third-order valence-corrected chi connectivity index (χ3v) is 6.24. The van der Waals surface area contributed by atoms with E-state index < -0.39 is 0 Å². The van der Waals surface area contributed by atoms with Gasteiger partial charge in [-0.2, -0.15) is 0 Å². The summed E-state index contributed by atoms with van der Waals surface area (Å²) in [6.45, 7) is 10.0. The predicted molar refractivity (Wildman–Crippen MR) is 127 cm³/mol. The lowest BCUT2D eigenvalue weighted by Gasteiger charge is -2.16. The molecule has 33 heavy (non-hydrogen) atoms. The zero-order valence-corrected chi connectivity index (χ0v) is 19.2. The molecule has 0 spiro atoms. The Morgan fingerprint density at radius 3 is 2.39 bits per heavy atom. The minimum atomic E-state index is 0.0976. The van der Waals surface area contributed by atoms with Crippen LogP contribution in [-0.4, -0.2) is 38.3 Å². The number of rotatable bonds is 5. The predicted octanol–water partition coefficient (Wildman–Crippen LogP) is 4.41. The normalized spacial score (nSPS) is 21.2. The number of fused-ring (bicyclic) bond motifs is 1. The number of hydrogen-bond acceptors (Lipinski definition) is 5. The van der Waals surface area contributed by atoms with E-state index in [1.807, 2.05) is 59.2 Å². The van der Waals surface area contributed by atoms with Gasteiger partial charge >= 0.3 is 0 Å². The minimum absolute atomic E-state index is 0.0976. The molecule has 0 aromatic heterocycles. The van der Waals surface area contributed by atoms with Gasteiger partial charge in [0.05, 0.1) is 0 Å². The van der Waals surface area contributed by atoms with Gasteiger partial charge in [-0.15, -0.1) is 0 Å². The Morgan fingerprint density at radius 2 is 1.76 bits per heavy atom. The molecule has 0 saturated carbocycles. The minimum Gasteiger partial charge on any atom is -0.490 e. The highest BCUT2D eigenvalue weighted by Gasteiger charge is 2.35. The molecule has 174 valence electrons. The number of amides is 2. The smallest absolute Gasteiger partial charge is 0.231 e. The number of benzene rings is 2. The van der Waals surface area contributed by atoms with E-state index in [1.165, 1.54) is 0 Å². The van der Waals surface area contributed by atoms with Crippen molar-refractivity contribution in [2.24, 2.45) is 11.8 Å². The lowest BCUT2D eigenvalue weighted by Crippen LogP contribution is -2.25. The van der Waals surface area contributed by atoms with E-state index in [1.54, 1.807) is 6.08 Å². The van der Waals surface area contributed by atoms with Crippen LogP contribution in [0.1, 0.15) is 26.7 Å². The topological polar surface area (TPSA) is 68.3 Å². The molecule has 3 aliphatic heterocycles. The van der Waals surface area contributed by atoms with Crippen molar-refractivity contribution in [2.75, 3.05) is 36.3 Å². The maximum absolute atomic E-state index is 12.1. The molecular weight excluding hydrogens is 420 g/mol. The summed E-state index contributed by atoms with van der Waals surface area (Å²) in [7, 11) is 0. The maximum atomic E-state index is 12.1. The number of ether oxygens (including phenoxy) is 3. The Hall–Kier alpha value is -3.48. The van der Waals surface area contributed by atoms with Crippen LogP contribution in [0.15, 0.2) is 55.1 Å². The van der Waals surface area contributed by atoms with Crippen LogP contribution in [-0.2, 0) is 9.59 Å². The van der Waals surface area contributed by atoms with Crippen LogP contribution in [0, 0.1) is 11.8 Å². The quantitative estimate of drug-likeness (QED) is 0.631. The second-order valence-electron chi connectivity index (χ2n) is 8.49. The average Bonchev–Trinajstić information content (AvgIpc) is 3.54. The van der Waals surface area contributed by atoms with E-state index in [4.69, 9.17) is 14.2 Å². The van der Waals surface area contributed by atoms with E-state index in [-0.39, 0.29) is 24.5 Å². The van der Waals surface area contributed by atoms with Crippen LogP contribution < -0.4 is 24.0 Å². The van der Waals surface area contributed by atoms with Crippen molar-refractivity contribution in [1.82, 2.24) is 0 Å². The summed E-state index contributed by atoms with van der Waals surface area (Å²) in [6.07, 6.45) is 3.32. The fourth-order valence-electron chi connectivity index (χ4n) is 4.11. The molecule has 2 saturated heterocycles. The second kappa shape index (κ2) is 9.98. The van der Waals surface area contributed by atoms with Gasteiger partial charge < -0.3 is 24.0 Å². The van der Waals surface area contributed by atoms with Gasteiger partial charge in [-0.1, -0.05) is 26.5 Å². The van der Waals surface area contributed by atoms with Crippen LogP contribution >= 0.6 is 0 Å². The highest BCUT2D eigenvalue weighted by atomic mass is 16.7. The molecule has 2 fully saturated rings. The van der Waals surface area contributed by atoms with Crippen molar-refractivity contribution in [3.05, 3.63) is 55.1 Å². The highest BCUT2D eigenvalue weighted by Crippen LogP contribution is 2.38. The molecule has 0 N–H and O–H groups in total. The lowest BCUT2D eigenvalue weighted by molar-refractivity contribution is -0.120. The van der Waals surface area contributed by atoms with Gasteiger partial charge in [0.1, 0.15) is 12.4 Å². The summed E-state index contributed by atoms with van der Waals surface area (Å²) < 4.78 is 16.0. The van der Waals surface area contributed by atoms with Crippen molar-refractivity contribution >= 4 is 23.2 Å². The van der Waals surface area contributed by atoms with Gasteiger partial charge in [0, 0.05) is 42.9 Å². The van der Waals surface area contributed by atoms with E-state index in [0.29, 0.717) is 18.9 Å². The highest BCUT2D eigenvalue weighted by molar-refractivity contribution is 5.97. The third kappa shape index (κ3) is 4.97. The Balaban J connectivity index is 0.000000157. The van der Waals surface area contributed by atoms with Crippen LogP contribution in [0.4, 0.5) is 11.4 Å². The molecule has 3 aliphatic rings. The standard InChI is InChI=1S/C13H15NO3.C13H15NO2/c1-8-6-14(13(15)9(8)2)10-3-4-11-12(5-10)17-7-16-11;1-2-10-16-12-7-5-11(6-8-12)14-9-3-4-13(14)15/h3-5,8-9H,6-7H2,1-2H3;2,5-8H,1,3-4,9-10H2/t8-,9+;/m0./s1. The summed E-state index contributed by atoms with van der Waals surface area (Å²) in [5, 5.41) is 0. The van der Waals surface area contributed by atoms with Crippen LogP contribution in [0.3, 0.4) is 0 Å². The first-order valence-corrected chi connectivity index (χ1v) is 11.3.